The standard InChI is InChI=1S/C13H17F2N/c1-9-2-3-11(14)6-10(9)7-13(15)5-4-12(16)8-13/h2-3,6,12H,4-5,7-8,16H2,1H3. The molecule has 1 saturated carbocycles. The summed E-state index contributed by atoms with van der Waals surface area (Å²) in [4.78, 5) is 0. The Bertz CT molecular complexity index is 392. The second kappa shape index (κ2) is 4.13. The number of nitrogens with two attached hydrogens (primary N) is 1. The van der Waals surface area contributed by atoms with Crippen LogP contribution < -0.4 is 5.73 Å². The summed E-state index contributed by atoms with van der Waals surface area (Å²) in [6.45, 7) is 1.88. The third-order valence-corrected chi connectivity index (χ3v) is 3.41. The van der Waals surface area contributed by atoms with E-state index in [2.05, 4.69) is 0 Å². The van der Waals surface area contributed by atoms with Crippen molar-refractivity contribution in [1.82, 2.24) is 0 Å². The highest BCUT2D eigenvalue weighted by molar-refractivity contribution is 5.28. The summed E-state index contributed by atoms with van der Waals surface area (Å²) >= 11 is 0. The molecule has 1 aliphatic rings. The number of rotatable bonds is 2. The quantitative estimate of drug-likeness (QED) is 0.822. The molecule has 2 rings (SSSR count). The minimum absolute atomic E-state index is 0.0427. The van der Waals surface area contributed by atoms with Crippen molar-refractivity contribution in [2.24, 2.45) is 5.73 Å². The van der Waals surface area contributed by atoms with Gasteiger partial charge in [-0.3, -0.25) is 0 Å². The number of alkyl halides is 1. The molecule has 1 aliphatic carbocycles. The van der Waals surface area contributed by atoms with Crippen molar-refractivity contribution >= 4 is 0 Å². The number of aryl methyl sites for hydroxylation is 1. The van der Waals surface area contributed by atoms with E-state index in [4.69, 9.17) is 5.73 Å². The molecule has 0 radical (unpaired) electrons. The zero-order chi connectivity index (χ0) is 11.8. The number of hydrogen-bond acceptors (Lipinski definition) is 1. The van der Waals surface area contributed by atoms with E-state index in [-0.39, 0.29) is 18.3 Å². The average Bonchev–Trinajstić information content (AvgIpc) is 2.52. The molecule has 2 N–H and O–H groups in total. The smallest absolute Gasteiger partial charge is 0.123 e. The molecule has 3 heteroatoms. The van der Waals surface area contributed by atoms with Gasteiger partial charge in [0.15, 0.2) is 0 Å². The molecule has 2 unspecified atom stereocenters. The second-order valence-electron chi connectivity index (χ2n) is 4.90. The molecule has 0 amide bonds. The summed E-state index contributed by atoms with van der Waals surface area (Å²) in [6.07, 6.45) is 1.89. The summed E-state index contributed by atoms with van der Waals surface area (Å²) in [7, 11) is 0. The van der Waals surface area contributed by atoms with Crippen LogP contribution in [0.4, 0.5) is 8.78 Å². The first kappa shape index (κ1) is 11.5. The fourth-order valence-electron chi connectivity index (χ4n) is 2.45. The van der Waals surface area contributed by atoms with E-state index >= 15 is 0 Å². The summed E-state index contributed by atoms with van der Waals surface area (Å²) in [6, 6.07) is 4.49. The largest absolute Gasteiger partial charge is 0.328 e. The summed E-state index contributed by atoms with van der Waals surface area (Å²) < 4.78 is 27.4. The number of halogens is 2. The van der Waals surface area contributed by atoms with Gasteiger partial charge in [0.2, 0.25) is 0 Å². The van der Waals surface area contributed by atoms with Gasteiger partial charge < -0.3 is 5.73 Å². The van der Waals surface area contributed by atoms with Crippen LogP contribution in [0, 0.1) is 12.7 Å². The molecular weight excluding hydrogens is 208 g/mol. The van der Waals surface area contributed by atoms with Crippen LogP contribution in [-0.4, -0.2) is 11.7 Å². The second-order valence-corrected chi connectivity index (χ2v) is 4.90. The monoisotopic (exact) mass is 225 g/mol. The molecule has 0 spiro atoms. The van der Waals surface area contributed by atoms with E-state index in [1.165, 1.54) is 12.1 Å². The Balaban J connectivity index is 2.17. The van der Waals surface area contributed by atoms with Crippen LogP contribution in [0.15, 0.2) is 18.2 Å². The Labute approximate surface area is 94.7 Å². The van der Waals surface area contributed by atoms with Crippen LogP contribution in [-0.2, 0) is 6.42 Å². The van der Waals surface area contributed by atoms with E-state index in [1.807, 2.05) is 6.92 Å². The van der Waals surface area contributed by atoms with Crippen LogP contribution in [0.2, 0.25) is 0 Å². The predicted octanol–water partition coefficient (Wildman–Crippen LogP) is 2.90. The Morgan fingerprint density at radius 3 is 2.88 bits per heavy atom. The van der Waals surface area contributed by atoms with Gasteiger partial charge in [0.05, 0.1) is 0 Å². The highest BCUT2D eigenvalue weighted by atomic mass is 19.1. The normalized spacial score (nSPS) is 29.6. The van der Waals surface area contributed by atoms with Gasteiger partial charge in [0, 0.05) is 12.5 Å². The third kappa shape index (κ3) is 2.40. The van der Waals surface area contributed by atoms with Crippen molar-refractivity contribution in [3.05, 3.63) is 35.1 Å². The lowest BCUT2D eigenvalue weighted by molar-refractivity contribution is 0.170. The highest BCUT2D eigenvalue weighted by Crippen LogP contribution is 2.36. The summed E-state index contributed by atoms with van der Waals surface area (Å²) in [5.74, 6) is -0.300. The lowest BCUT2D eigenvalue weighted by Crippen LogP contribution is -2.26. The molecule has 1 aromatic carbocycles. The molecule has 2 atom stereocenters. The SMILES string of the molecule is Cc1ccc(F)cc1CC1(F)CCC(N)C1. The van der Waals surface area contributed by atoms with E-state index in [1.54, 1.807) is 6.07 Å². The van der Waals surface area contributed by atoms with Gasteiger partial charge in [-0.2, -0.15) is 0 Å². The molecule has 16 heavy (non-hydrogen) atoms. The van der Waals surface area contributed by atoms with E-state index < -0.39 is 5.67 Å². The molecule has 88 valence electrons. The predicted molar refractivity (Wildman–Crippen MR) is 60.5 cm³/mol. The first-order chi connectivity index (χ1) is 7.48. The molecule has 1 aromatic rings. The molecule has 0 aliphatic heterocycles. The lowest BCUT2D eigenvalue weighted by Gasteiger charge is -2.20. The van der Waals surface area contributed by atoms with Gasteiger partial charge in [-0.15, -0.1) is 0 Å². The van der Waals surface area contributed by atoms with Gasteiger partial charge in [0.25, 0.3) is 0 Å². The van der Waals surface area contributed by atoms with Crippen molar-refractivity contribution in [3.63, 3.8) is 0 Å². The maximum atomic E-state index is 14.4. The van der Waals surface area contributed by atoms with Crippen molar-refractivity contribution in [3.8, 4) is 0 Å². The van der Waals surface area contributed by atoms with E-state index in [0.29, 0.717) is 12.8 Å². The van der Waals surface area contributed by atoms with Crippen LogP contribution in [0.1, 0.15) is 30.4 Å². The molecule has 0 heterocycles. The van der Waals surface area contributed by atoms with Gasteiger partial charge in [0.1, 0.15) is 11.5 Å². The lowest BCUT2D eigenvalue weighted by atomic mass is 9.92. The molecule has 1 fully saturated rings. The fourth-order valence-corrected chi connectivity index (χ4v) is 2.45. The maximum Gasteiger partial charge on any atom is 0.123 e. The summed E-state index contributed by atoms with van der Waals surface area (Å²) in [5.41, 5.74) is 6.18. The van der Waals surface area contributed by atoms with Crippen LogP contribution in [0.25, 0.3) is 0 Å². The van der Waals surface area contributed by atoms with Gasteiger partial charge in [-0.25, -0.2) is 8.78 Å². The van der Waals surface area contributed by atoms with Crippen LogP contribution in [0.5, 0.6) is 0 Å². The number of hydrogen-bond donors (Lipinski definition) is 1. The molecule has 0 saturated heterocycles. The Morgan fingerprint density at radius 1 is 1.50 bits per heavy atom. The zero-order valence-corrected chi connectivity index (χ0v) is 9.47. The van der Waals surface area contributed by atoms with Crippen LogP contribution >= 0.6 is 0 Å². The Kier molecular flexibility index (Phi) is 2.98. The first-order valence-electron chi connectivity index (χ1n) is 5.68. The first-order valence-corrected chi connectivity index (χ1v) is 5.68. The van der Waals surface area contributed by atoms with Gasteiger partial charge in [-0.05, 0) is 49.4 Å². The van der Waals surface area contributed by atoms with E-state index in [9.17, 15) is 8.78 Å². The zero-order valence-electron chi connectivity index (χ0n) is 9.47. The Hall–Kier alpha value is -0.960. The fraction of sp³-hybridized carbons (Fsp3) is 0.538. The van der Waals surface area contributed by atoms with Crippen molar-refractivity contribution in [2.45, 2.75) is 44.3 Å². The maximum absolute atomic E-state index is 14.4. The molecule has 0 bridgehead atoms. The molecule has 0 aromatic heterocycles. The van der Waals surface area contributed by atoms with Crippen LogP contribution in [0.3, 0.4) is 0 Å². The average molecular weight is 225 g/mol. The van der Waals surface area contributed by atoms with Crippen molar-refractivity contribution in [2.75, 3.05) is 0 Å². The topological polar surface area (TPSA) is 26.0 Å². The minimum atomic E-state index is -1.24. The van der Waals surface area contributed by atoms with E-state index in [0.717, 1.165) is 17.5 Å². The van der Waals surface area contributed by atoms with Crippen molar-refractivity contribution < 1.29 is 8.78 Å². The molecular formula is C13H17F2N. The summed E-state index contributed by atoms with van der Waals surface area (Å²) in [5, 5.41) is 0. The van der Waals surface area contributed by atoms with Crippen molar-refractivity contribution in [1.29, 1.82) is 0 Å². The van der Waals surface area contributed by atoms with Gasteiger partial charge in [-0.1, -0.05) is 6.07 Å². The number of benzene rings is 1. The minimum Gasteiger partial charge on any atom is -0.328 e. The highest BCUT2D eigenvalue weighted by Gasteiger charge is 2.38. The molecule has 1 nitrogen and oxygen atoms in total. The van der Waals surface area contributed by atoms with Gasteiger partial charge >= 0.3 is 0 Å². The third-order valence-electron chi connectivity index (χ3n) is 3.41. The Morgan fingerprint density at radius 2 is 2.25 bits per heavy atom.